The number of anilines is 1. The fraction of sp³-hybridized carbons (Fsp3) is 0.111. The maximum Gasteiger partial charge on any atom is 0.335 e. The third-order valence-electron chi connectivity index (χ3n) is 3.77. The number of urea groups is 1. The van der Waals surface area contributed by atoms with Gasteiger partial charge in [0.05, 0.1) is 11.4 Å². The second-order valence-electron chi connectivity index (χ2n) is 5.46. The number of amides is 4. The Labute approximate surface area is 152 Å². The zero-order chi connectivity index (χ0) is 18.0. The van der Waals surface area contributed by atoms with Gasteiger partial charge < -0.3 is 0 Å². The molecule has 25 heavy (non-hydrogen) atoms. The lowest BCUT2D eigenvalue weighted by atomic mass is 10.0. The molecule has 0 saturated carbocycles. The van der Waals surface area contributed by atoms with Gasteiger partial charge in [0.2, 0.25) is 5.91 Å². The summed E-state index contributed by atoms with van der Waals surface area (Å²) < 4.78 is 0.738. The summed E-state index contributed by atoms with van der Waals surface area (Å²) in [6.07, 6.45) is 1.26. The van der Waals surface area contributed by atoms with Crippen molar-refractivity contribution in [3.05, 3.63) is 58.6 Å². The summed E-state index contributed by atoms with van der Waals surface area (Å²) in [5.41, 5.74) is 1.78. The van der Waals surface area contributed by atoms with E-state index in [-0.39, 0.29) is 0 Å². The first kappa shape index (κ1) is 17.0. The summed E-state index contributed by atoms with van der Waals surface area (Å²) >= 11 is 3.36. The summed E-state index contributed by atoms with van der Waals surface area (Å²) in [6.45, 7) is 1.79. The monoisotopic (exact) mass is 399 g/mol. The van der Waals surface area contributed by atoms with E-state index in [4.69, 9.17) is 0 Å². The van der Waals surface area contributed by atoms with Crippen molar-refractivity contribution in [3.8, 4) is 0 Å². The summed E-state index contributed by atoms with van der Waals surface area (Å²) in [4.78, 5) is 42.2. The Morgan fingerprint density at radius 2 is 1.76 bits per heavy atom. The van der Waals surface area contributed by atoms with Gasteiger partial charge in [0, 0.05) is 10.7 Å². The van der Waals surface area contributed by atoms with Crippen molar-refractivity contribution in [2.45, 2.75) is 6.92 Å². The van der Waals surface area contributed by atoms with Crippen LogP contribution in [0.1, 0.15) is 5.56 Å². The number of benzene rings is 2. The molecule has 6 nitrogen and oxygen atoms in total. The maximum absolute atomic E-state index is 12.7. The second kappa shape index (κ2) is 6.98. The topological polar surface area (TPSA) is 78.8 Å². The molecule has 1 fully saturated rings. The molecule has 7 heteroatoms. The Kier molecular flexibility index (Phi) is 4.76. The molecule has 0 spiro atoms. The van der Waals surface area contributed by atoms with E-state index in [1.54, 1.807) is 43.3 Å². The van der Waals surface area contributed by atoms with Crippen molar-refractivity contribution >= 4 is 51.4 Å². The zero-order valence-corrected chi connectivity index (χ0v) is 14.9. The highest BCUT2D eigenvalue weighted by Gasteiger charge is 2.40. The van der Waals surface area contributed by atoms with Crippen molar-refractivity contribution in [2.75, 3.05) is 4.90 Å². The standard InChI is InChI=1S/C18H14BrN3O3/c1-11-6-2-5-9-15(11)22-17(24)12(16(23)21-18(22)25)10-20-14-8-4-3-7-13(14)19/h2-10,12H,1H3,(H,21,23,25)/t12-/m1/s1. The van der Waals surface area contributed by atoms with E-state index in [9.17, 15) is 14.4 Å². The van der Waals surface area contributed by atoms with E-state index in [0.29, 0.717) is 11.4 Å². The van der Waals surface area contributed by atoms with Crippen LogP contribution < -0.4 is 10.2 Å². The first-order valence-corrected chi connectivity index (χ1v) is 8.31. The van der Waals surface area contributed by atoms with Gasteiger partial charge in [-0.3, -0.25) is 19.9 Å². The van der Waals surface area contributed by atoms with E-state index in [1.165, 1.54) is 6.21 Å². The molecule has 2 aromatic rings. The van der Waals surface area contributed by atoms with Crippen molar-refractivity contribution < 1.29 is 14.4 Å². The fourth-order valence-corrected chi connectivity index (χ4v) is 2.86. The SMILES string of the molecule is Cc1ccccc1N1C(=O)NC(=O)[C@@H](C=Nc2ccccc2Br)C1=O. The molecule has 1 aliphatic rings. The molecule has 1 heterocycles. The van der Waals surface area contributed by atoms with Crippen LogP contribution in [0.2, 0.25) is 0 Å². The van der Waals surface area contributed by atoms with E-state index in [2.05, 4.69) is 26.2 Å². The van der Waals surface area contributed by atoms with Gasteiger partial charge in [0.25, 0.3) is 5.91 Å². The van der Waals surface area contributed by atoms with Crippen LogP contribution in [0.5, 0.6) is 0 Å². The molecule has 0 aromatic heterocycles. The summed E-state index contributed by atoms with van der Waals surface area (Å²) in [7, 11) is 0. The summed E-state index contributed by atoms with van der Waals surface area (Å²) in [5, 5.41) is 2.21. The lowest BCUT2D eigenvalue weighted by Crippen LogP contribution is -2.58. The number of nitrogens with one attached hydrogen (secondary N) is 1. The Balaban J connectivity index is 1.94. The average Bonchev–Trinajstić information content (AvgIpc) is 2.57. The lowest BCUT2D eigenvalue weighted by molar-refractivity contribution is -0.131. The number of barbiturate groups is 1. The molecule has 1 saturated heterocycles. The van der Waals surface area contributed by atoms with Crippen LogP contribution in [0.25, 0.3) is 0 Å². The Hall–Kier alpha value is -2.80. The minimum Gasteiger partial charge on any atom is -0.276 e. The van der Waals surface area contributed by atoms with Gasteiger partial charge in [-0.05, 0) is 46.6 Å². The largest absolute Gasteiger partial charge is 0.335 e. The number of aliphatic imine (C=N–C) groups is 1. The number of hydrogen-bond acceptors (Lipinski definition) is 4. The van der Waals surface area contributed by atoms with Gasteiger partial charge in [-0.2, -0.15) is 0 Å². The van der Waals surface area contributed by atoms with Crippen molar-refractivity contribution in [3.63, 3.8) is 0 Å². The maximum atomic E-state index is 12.7. The first-order valence-electron chi connectivity index (χ1n) is 7.52. The zero-order valence-electron chi connectivity index (χ0n) is 13.3. The molecule has 1 N–H and O–H groups in total. The molecule has 0 unspecified atom stereocenters. The molecule has 126 valence electrons. The predicted molar refractivity (Wildman–Crippen MR) is 98.0 cm³/mol. The summed E-state index contributed by atoms with van der Waals surface area (Å²) in [6, 6.07) is 13.4. The van der Waals surface area contributed by atoms with Gasteiger partial charge in [-0.25, -0.2) is 9.69 Å². The highest BCUT2D eigenvalue weighted by atomic mass is 79.9. The molecule has 0 aliphatic carbocycles. The molecule has 4 amide bonds. The number of carbonyl (C=O) groups is 3. The highest BCUT2D eigenvalue weighted by Crippen LogP contribution is 2.26. The third-order valence-corrected chi connectivity index (χ3v) is 4.44. The van der Waals surface area contributed by atoms with E-state index >= 15 is 0 Å². The second-order valence-corrected chi connectivity index (χ2v) is 6.32. The van der Waals surface area contributed by atoms with Gasteiger partial charge in [-0.1, -0.05) is 30.3 Å². The minimum absolute atomic E-state index is 0.441. The van der Waals surface area contributed by atoms with E-state index < -0.39 is 23.8 Å². The van der Waals surface area contributed by atoms with Crippen LogP contribution in [-0.4, -0.2) is 24.1 Å². The van der Waals surface area contributed by atoms with Crippen molar-refractivity contribution in [2.24, 2.45) is 10.9 Å². The number of para-hydroxylation sites is 2. The normalized spacial score (nSPS) is 17.9. The predicted octanol–water partition coefficient (Wildman–Crippen LogP) is 3.36. The van der Waals surface area contributed by atoms with E-state index in [1.807, 2.05) is 12.1 Å². The Bertz CT molecular complexity index is 895. The van der Waals surface area contributed by atoms with Gasteiger partial charge in [0.1, 0.15) is 0 Å². The molecule has 1 atom stereocenters. The molecular weight excluding hydrogens is 386 g/mol. The molecule has 0 radical (unpaired) electrons. The van der Waals surface area contributed by atoms with Crippen LogP contribution in [-0.2, 0) is 9.59 Å². The van der Waals surface area contributed by atoms with E-state index in [0.717, 1.165) is 14.9 Å². The van der Waals surface area contributed by atoms with Crippen LogP contribution >= 0.6 is 15.9 Å². The van der Waals surface area contributed by atoms with Crippen LogP contribution in [0.4, 0.5) is 16.2 Å². The molecule has 1 aliphatic heterocycles. The van der Waals surface area contributed by atoms with Gasteiger partial charge in [-0.15, -0.1) is 0 Å². The third kappa shape index (κ3) is 3.36. The number of imide groups is 2. The number of aryl methyl sites for hydroxylation is 1. The Morgan fingerprint density at radius 3 is 2.48 bits per heavy atom. The van der Waals surface area contributed by atoms with Crippen LogP contribution in [0.15, 0.2) is 58.0 Å². The smallest absolute Gasteiger partial charge is 0.276 e. The number of nitrogens with zero attached hydrogens (tertiary/aromatic N) is 2. The average molecular weight is 400 g/mol. The number of rotatable bonds is 3. The van der Waals surface area contributed by atoms with Gasteiger partial charge in [0.15, 0.2) is 5.92 Å². The number of hydrogen-bond donors (Lipinski definition) is 1. The molecular formula is C18H14BrN3O3. The van der Waals surface area contributed by atoms with Gasteiger partial charge >= 0.3 is 6.03 Å². The molecule has 3 rings (SSSR count). The molecule has 0 bridgehead atoms. The number of carbonyl (C=O) groups excluding carboxylic acids is 3. The van der Waals surface area contributed by atoms with Crippen LogP contribution in [0.3, 0.4) is 0 Å². The minimum atomic E-state index is -1.18. The Morgan fingerprint density at radius 1 is 1.08 bits per heavy atom. The van der Waals surface area contributed by atoms with Crippen molar-refractivity contribution in [1.82, 2.24) is 5.32 Å². The first-order chi connectivity index (χ1) is 12.0. The highest BCUT2D eigenvalue weighted by molar-refractivity contribution is 9.10. The summed E-state index contributed by atoms with van der Waals surface area (Å²) in [5.74, 6) is -2.49. The van der Waals surface area contributed by atoms with Crippen LogP contribution in [0, 0.1) is 12.8 Å². The number of halogens is 1. The fourth-order valence-electron chi connectivity index (χ4n) is 2.48. The quantitative estimate of drug-likeness (QED) is 0.634. The van der Waals surface area contributed by atoms with Crippen molar-refractivity contribution in [1.29, 1.82) is 0 Å². The lowest BCUT2D eigenvalue weighted by Gasteiger charge is -2.29. The molecule has 2 aromatic carbocycles.